The fraction of sp³-hybridized carbons (Fsp3) is 0.529. The summed E-state index contributed by atoms with van der Waals surface area (Å²) in [4.78, 5) is 16.7. The Hall–Kier alpha value is -1.55. The van der Waals surface area contributed by atoms with E-state index < -0.39 is 0 Å². The molecule has 2 aromatic heterocycles. The van der Waals surface area contributed by atoms with Crippen molar-refractivity contribution in [1.29, 1.82) is 0 Å². The lowest BCUT2D eigenvalue weighted by molar-refractivity contribution is -0.121. The Balaban J connectivity index is 1.59. The van der Waals surface area contributed by atoms with E-state index in [0.717, 1.165) is 24.2 Å². The van der Waals surface area contributed by atoms with E-state index in [1.807, 2.05) is 22.7 Å². The molecule has 22 heavy (non-hydrogen) atoms. The second kappa shape index (κ2) is 7.14. The molecular weight excluding hydrogens is 298 g/mol. The first-order valence-corrected chi connectivity index (χ1v) is 8.51. The van der Waals surface area contributed by atoms with Gasteiger partial charge in [0.25, 0.3) is 0 Å². The molecule has 118 valence electrons. The Morgan fingerprint density at radius 2 is 1.91 bits per heavy atom. The predicted molar refractivity (Wildman–Crippen MR) is 88.2 cm³/mol. The Morgan fingerprint density at radius 1 is 1.18 bits per heavy atom. The lowest BCUT2D eigenvalue weighted by Crippen LogP contribution is -2.36. The summed E-state index contributed by atoms with van der Waals surface area (Å²) in [5.74, 6) is 0.0695. The van der Waals surface area contributed by atoms with Crippen LogP contribution in [0.2, 0.25) is 5.02 Å². The number of nitrogens with one attached hydrogen (secondary N) is 1. The Bertz CT molecular complexity index is 644. The molecule has 0 unspecified atom stereocenters. The molecule has 0 atom stereocenters. The lowest BCUT2D eigenvalue weighted by atomic mass is 9.96. The highest BCUT2D eigenvalue weighted by atomic mass is 35.5. The lowest BCUT2D eigenvalue weighted by Gasteiger charge is -2.20. The third kappa shape index (κ3) is 4.01. The van der Waals surface area contributed by atoms with E-state index in [-0.39, 0.29) is 5.91 Å². The Kier molecular flexibility index (Phi) is 4.98. The summed E-state index contributed by atoms with van der Waals surface area (Å²) in [6.45, 7) is 0. The van der Waals surface area contributed by atoms with Crippen molar-refractivity contribution in [1.82, 2.24) is 14.7 Å². The van der Waals surface area contributed by atoms with Crippen LogP contribution in [0.3, 0.4) is 0 Å². The maximum absolute atomic E-state index is 12.2. The zero-order valence-electron chi connectivity index (χ0n) is 12.7. The molecule has 4 nitrogen and oxygen atoms in total. The SMILES string of the molecule is O=C(Cc1cn2cc(Cl)ccc2n1)NC1CCCCCCC1. The number of aromatic nitrogens is 2. The summed E-state index contributed by atoms with van der Waals surface area (Å²) in [5, 5.41) is 3.84. The molecule has 1 aliphatic carbocycles. The number of hydrogen-bond acceptors (Lipinski definition) is 2. The van der Waals surface area contributed by atoms with E-state index in [4.69, 9.17) is 11.6 Å². The number of carbonyl (C=O) groups is 1. The third-order valence-electron chi connectivity index (χ3n) is 4.28. The van der Waals surface area contributed by atoms with E-state index in [1.165, 1.54) is 32.1 Å². The molecule has 1 N–H and O–H groups in total. The van der Waals surface area contributed by atoms with Gasteiger partial charge in [-0.1, -0.05) is 43.7 Å². The van der Waals surface area contributed by atoms with Crippen molar-refractivity contribution >= 4 is 23.2 Å². The summed E-state index contributed by atoms with van der Waals surface area (Å²) in [6.07, 6.45) is 12.6. The van der Waals surface area contributed by atoms with Crippen LogP contribution >= 0.6 is 11.6 Å². The van der Waals surface area contributed by atoms with Crippen molar-refractivity contribution in [3.63, 3.8) is 0 Å². The largest absolute Gasteiger partial charge is 0.353 e. The molecule has 2 aromatic rings. The maximum Gasteiger partial charge on any atom is 0.226 e. The second-order valence-corrected chi connectivity index (χ2v) is 6.57. The van der Waals surface area contributed by atoms with Gasteiger partial charge in [-0.2, -0.15) is 0 Å². The van der Waals surface area contributed by atoms with Crippen molar-refractivity contribution in [2.75, 3.05) is 0 Å². The van der Waals surface area contributed by atoms with E-state index >= 15 is 0 Å². The molecule has 0 aliphatic heterocycles. The van der Waals surface area contributed by atoms with Crippen LogP contribution in [-0.2, 0) is 11.2 Å². The average molecular weight is 320 g/mol. The number of halogens is 1. The Labute approximate surface area is 135 Å². The highest BCUT2D eigenvalue weighted by Gasteiger charge is 2.15. The number of hydrogen-bond donors (Lipinski definition) is 1. The first-order valence-electron chi connectivity index (χ1n) is 8.13. The van der Waals surface area contributed by atoms with Crippen molar-refractivity contribution in [3.8, 4) is 0 Å². The summed E-state index contributed by atoms with van der Waals surface area (Å²) in [7, 11) is 0. The number of imidazole rings is 1. The van der Waals surface area contributed by atoms with Crippen molar-refractivity contribution in [3.05, 3.63) is 35.2 Å². The summed E-state index contributed by atoms with van der Waals surface area (Å²) in [6, 6.07) is 4.00. The van der Waals surface area contributed by atoms with Crippen LogP contribution in [0.1, 0.15) is 50.6 Å². The van der Waals surface area contributed by atoms with Gasteiger partial charge in [-0.15, -0.1) is 0 Å². The van der Waals surface area contributed by atoms with E-state index in [0.29, 0.717) is 17.5 Å². The van der Waals surface area contributed by atoms with Crippen LogP contribution in [-0.4, -0.2) is 21.3 Å². The Morgan fingerprint density at radius 3 is 2.68 bits per heavy atom. The molecule has 1 aliphatic rings. The fourth-order valence-corrected chi connectivity index (χ4v) is 3.31. The van der Waals surface area contributed by atoms with Crippen LogP contribution in [0.25, 0.3) is 5.65 Å². The van der Waals surface area contributed by atoms with Crippen molar-refractivity contribution in [2.45, 2.75) is 57.4 Å². The van der Waals surface area contributed by atoms with Gasteiger partial charge in [0.05, 0.1) is 17.1 Å². The quantitative estimate of drug-likeness (QED) is 0.936. The predicted octanol–water partition coefficient (Wildman–Crippen LogP) is 3.76. The molecule has 3 rings (SSSR count). The number of fused-ring (bicyclic) bond motifs is 1. The standard InChI is InChI=1S/C17H22ClN3O/c18-13-8-9-16-19-15(12-21(16)11-13)10-17(22)20-14-6-4-2-1-3-5-7-14/h8-9,11-12,14H,1-7,10H2,(H,20,22). The van der Waals surface area contributed by atoms with Gasteiger partial charge in [0.15, 0.2) is 0 Å². The molecule has 5 heteroatoms. The molecule has 1 amide bonds. The molecule has 0 spiro atoms. The summed E-state index contributed by atoms with van der Waals surface area (Å²) < 4.78 is 1.86. The molecule has 0 aromatic carbocycles. The van der Waals surface area contributed by atoms with Crippen molar-refractivity contribution in [2.24, 2.45) is 0 Å². The average Bonchev–Trinajstić information content (AvgIpc) is 2.82. The minimum atomic E-state index is 0.0695. The number of pyridine rings is 1. The molecule has 0 saturated heterocycles. The smallest absolute Gasteiger partial charge is 0.226 e. The van der Waals surface area contributed by atoms with Crippen LogP contribution in [0.5, 0.6) is 0 Å². The number of nitrogens with zero attached hydrogens (tertiary/aromatic N) is 2. The molecule has 0 bridgehead atoms. The molecule has 1 fully saturated rings. The summed E-state index contributed by atoms with van der Waals surface area (Å²) >= 11 is 5.96. The number of carbonyl (C=O) groups excluding carboxylic acids is 1. The van der Waals surface area contributed by atoms with Crippen LogP contribution in [0.4, 0.5) is 0 Å². The van der Waals surface area contributed by atoms with Crippen LogP contribution < -0.4 is 5.32 Å². The molecule has 0 radical (unpaired) electrons. The second-order valence-electron chi connectivity index (χ2n) is 6.13. The zero-order chi connectivity index (χ0) is 15.4. The highest BCUT2D eigenvalue weighted by Crippen LogP contribution is 2.17. The van der Waals surface area contributed by atoms with Gasteiger partial charge in [-0.3, -0.25) is 4.79 Å². The fourth-order valence-electron chi connectivity index (χ4n) is 3.15. The van der Waals surface area contributed by atoms with Crippen molar-refractivity contribution < 1.29 is 4.79 Å². The number of rotatable bonds is 3. The van der Waals surface area contributed by atoms with E-state index in [1.54, 1.807) is 6.20 Å². The zero-order valence-corrected chi connectivity index (χ0v) is 13.5. The van der Waals surface area contributed by atoms with Crippen LogP contribution in [0, 0.1) is 0 Å². The van der Waals surface area contributed by atoms with Gasteiger partial charge in [0, 0.05) is 18.4 Å². The molecular formula is C17H22ClN3O. The highest BCUT2D eigenvalue weighted by molar-refractivity contribution is 6.30. The van der Waals surface area contributed by atoms with E-state index in [9.17, 15) is 4.79 Å². The molecule has 1 saturated carbocycles. The first kappa shape index (κ1) is 15.3. The number of amides is 1. The topological polar surface area (TPSA) is 46.4 Å². The maximum atomic E-state index is 12.2. The minimum Gasteiger partial charge on any atom is -0.353 e. The van der Waals surface area contributed by atoms with Crippen LogP contribution in [0.15, 0.2) is 24.5 Å². The van der Waals surface area contributed by atoms with Gasteiger partial charge in [0.2, 0.25) is 5.91 Å². The molecule has 2 heterocycles. The summed E-state index contributed by atoms with van der Waals surface area (Å²) in [5.41, 5.74) is 1.60. The van der Waals surface area contributed by atoms with Gasteiger partial charge >= 0.3 is 0 Å². The van der Waals surface area contributed by atoms with Gasteiger partial charge < -0.3 is 9.72 Å². The first-order chi connectivity index (χ1) is 10.7. The van der Waals surface area contributed by atoms with Gasteiger partial charge in [-0.05, 0) is 25.0 Å². The third-order valence-corrected chi connectivity index (χ3v) is 4.50. The van der Waals surface area contributed by atoms with E-state index in [2.05, 4.69) is 10.3 Å². The normalized spacial score (nSPS) is 17.1. The van der Waals surface area contributed by atoms with Gasteiger partial charge in [-0.25, -0.2) is 4.98 Å². The minimum absolute atomic E-state index is 0.0695. The monoisotopic (exact) mass is 319 g/mol. The van der Waals surface area contributed by atoms with Gasteiger partial charge in [0.1, 0.15) is 5.65 Å².